The summed E-state index contributed by atoms with van der Waals surface area (Å²) >= 11 is 30.5. The minimum Gasteiger partial charge on any atom is -0.454 e. The van der Waals surface area contributed by atoms with Gasteiger partial charge in [-0.15, -0.1) is 0 Å². The predicted molar refractivity (Wildman–Crippen MR) is 136 cm³/mol. The van der Waals surface area contributed by atoms with Crippen LogP contribution in [0.2, 0.25) is 25.1 Å². The number of benzene rings is 2. The minimum absolute atomic E-state index is 0.0657. The fraction of sp³-hybridized carbons (Fsp3) is 0.304. The van der Waals surface area contributed by atoms with Gasteiger partial charge in [0.05, 0.1) is 31.2 Å². The van der Waals surface area contributed by atoms with Crippen LogP contribution in [0.25, 0.3) is 0 Å². The number of hydrogen-bond donors (Lipinski definition) is 1. The Balaban J connectivity index is 1.81. The van der Waals surface area contributed by atoms with Crippen LogP contribution < -0.4 is 5.32 Å². The molecule has 0 saturated carbocycles. The highest BCUT2D eigenvalue weighted by Crippen LogP contribution is 2.45. The summed E-state index contributed by atoms with van der Waals surface area (Å²) in [5.41, 5.74) is 0.758. The number of fused-ring (bicyclic) bond motifs is 1. The van der Waals surface area contributed by atoms with Gasteiger partial charge in [-0.3, -0.25) is 19.3 Å². The molecule has 186 valence electrons. The number of ether oxygens (including phenoxy) is 1. The first-order valence-electron chi connectivity index (χ1n) is 10.3. The van der Waals surface area contributed by atoms with Crippen molar-refractivity contribution < 1.29 is 23.9 Å². The van der Waals surface area contributed by atoms with E-state index in [1.807, 2.05) is 6.92 Å². The molecule has 7 nitrogen and oxygen atoms in total. The van der Waals surface area contributed by atoms with Crippen molar-refractivity contribution in [1.29, 1.82) is 0 Å². The fourth-order valence-electron chi connectivity index (χ4n) is 3.50. The quantitative estimate of drug-likeness (QED) is 0.176. The van der Waals surface area contributed by atoms with Crippen molar-refractivity contribution in [1.82, 2.24) is 4.90 Å². The van der Waals surface area contributed by atoms with Gasteiger partial charge in [0.2, 0.25) is 0 Å². The number of aryl methyl sites for hydroxylation is 1. The van der Waals surface area contributed by atoms with Crippen LogP contribution in [0.5, 0.6) is 0 Å². The number of carbonyl (C=O) groups excluding carboxylic acids is 4. The van der Waals surface area contributed by atoms with E-state index in [0.29, 0.717) is 10.7 Å². The van der Waals surface area contributed by atoms with Gasteiger partial charge in [-0.05, 0) is 37.0 Å². The Bertz CT molecular complexity index is 1200. The van der Waals surface area contributed by atoms with E-state index in [1.54, 1.807) is 32.0 Å². The number of carbonyl (C=O) groups is 4. The van der Waals surface area contributed by atoms with E-state index in [-0.39, 0.29) is 43.6 Å². The highest BCUT2D eigenvalue weighted by molar-refractivity contribution is 6.55. The molecule has 35 heavy (non-hydrogen) atoms. The normalized spacial score (nSPS) is 13.8. The largest absolute Gasteiger partial charge is 0.454 e. The zero-order chi connectivity index (χ0) is 26.2. The number of hydrogen-bond acceptors (Lipinski definition) is 5. The summed E-state index contributed by atoms with van der Waals surface area (Å²) in [5.74, 6) is -3.43. The molecule has 0 unspecified atom stereocenters. The van der Waals surface area contributed by atoms with Crippen LogP contribution in [-0.2, 0) is 14.3 Å². The Kier molecular flexibility index (Phi) is 8.60. The number of amides is 3. The average molecular weight is 581 g/mol. The molecule has 0 aliphatic carbocycles. The first kappa shape index (κ1) is 27.6. The molecular weight excluding hydrogens is 562 g/mol. The van der Waals surface area contributed by atoms with Crippen LogP contribution in [0.3, 0.4) is 0 Å². The summed E-state index contributed by atoms with van der Waals surface area (Å²) in [4.78, 5) is 52.3. The molecule has 12 heteroatoms. The van der Waals surface area contributed by atoms with Crippen molar-refractivity contribution in [3.05, 3.63) is 60.0 Å². The molecule has 1 atom stereocenters. The lowest BCUT2D eigenvalue weighted by Gasteiger charge is -2.26. The highest BCUT2D eigenvalue weighted by atomic mass is 35.5. The van der Waals surface area contributed by atoms with Crippen LogP contribution >= 0.6 is 58.0 Å². The van der Waals surface area contributed by atoms with Crippen molar-refractivity contribution >= 4 is 87.4 Å². The highest BCUT2D eigenvalue weighted by Gasteiger charge is 2.47. The molecule has 1 heterocycles. The maximum absolute atomic E-state index is 13.2. The van der Waals surface area contributed by atoms with E-state index in [9.17, 15) is 19.2 Å². The minimum atomic E-state index is -1.34. The SMILES string of the molecule is Cc1ccc(NC(=O)COC(=O)[C@@H](CC(C)C)N2C(=O)c3c(Cl)c(Cl)c(Cl)c(Cl)c3C2=O)cc1Cl. The molecule has 1 aliphatic heterocycles. The Morgan fingerprint density at radius 3 is 1.97 bits per heavy atom. The molecule has 3 rings (SSSR count). The number of nitrogens with one attached hydrogen (secondary N) is 1. The van der Waals surface area contributed by atoms with Gasteiger partial charge in [-0.2, -0.15) is 0 Å². The van der Waals surface area contributed by atoms with E-state index < -0.39 is 36.3 Å². The summed E-state index contributed by atoms with van der Waals surface area (Å²) in [6, 6.07) is 3.58. The molecule has 0 spiro atoms. The summed E-state index contributed by atoms with van der Waals surface area (Å²) in [6.45, 7) is 4.74. The van der Waals surface area contributed by atoms with Gasteiger partial charge in [0.25, 0.3) is 17.7 Å². The lowest BCUT2D eigenvalue weighted by atomic mass is 10.0. The van der Waals surface area contributed by atoms with Gasteiger partial charge in [-0.25, -0.2) is 4.79 Å². The van der Waals surface area contributed by atoms with Gasteiger partial charge in [0, 0.05) is 10.7 Å². The standard InChI is InChI=1S/C23H19Cl5N2O5/c1-9(2)6-13(23(34)35-8-14(31)29-11-5-4-10(3)12(24)7-11)30-21(32)15-16(22(30)33)18(26)20(28)19(27)17(15)25/h4-5,7,9,13H,6,8H2,1-3H3,(H,29,31)/t13-/m1/s1. The Labute approximate surface area is 226 Å². The van der Waals surface area contributed by atoms with Crippen LogP contribution in [-0.4, -0.2) is 41.2 Å². The number of halogens is 5. The van der Waals surface area contributed by atoms with Crippen molar-refractivity contribution in [2.75, 3.05) is 11.9 Å². The van der Waals surface area contributed by atoms with Crippen molar-refractivity contribution in [2.24, 2.45) is 5.92 Å². The van der Waals surface area contributed by atoms with Gasteiger partial charge >= 0.3 is 5.97 Å². The molecule has 0 radical (unpaired) electrons. The molecule has 0 bridgehead atoms. The van der Waals surface area contributed by atoms with Crippen molar-refractivity contribution in [3.8, 4) is 0 Å². The summed E-state index contributed by atoms with van der Waals surface area (Å²) < 4.78 is 5.16. The van der Waals surface area contributed by atoms with E-state index in [4.69, 9.17) is 62.7 Å². The number of rotatable bonds is 7. The van der Waals surface area contributed by atoms with Crippen LogP contribution in [0.4, 0.5) is 5.69 Å². The van der Waals surface area contributed by atoms with Gasteiger partial charge in [0.1, 0.15) is 6.04 Å². The number of imide groups is 1. The van der Waals surface area contributed by atoms with Gasteiger partial charge in [0.15, 0.2) is 6.61 Å². The molecular formula is C23H19Cl5N2O5. The third-order valence-corrected chi connectivity index (χ3v) is 7.42. The van der Waals surface area contributed by atoms with Crippen LogP contribution in [0.1, 0.15) is 46.5 Å². The lowest BCUT2D eigenvalue weighted by molar-refractivity contribution is -0.151. The third-order valence-electron chi connectivity index (χ3n) is 5.21. The zero-order valence-electron chi connectivity index (χ0n) is 18.7. The third kappa shape index (κ3) is 5.54. The van der Waals surface area contributed by atoms with Crippen molar-refractivity contribution in [2.45, 2.75) is 33.2 Å². The maximum Gasteiger partial charge on any atom is 0.329 e. The van der Waals surface area contributed by atoms with Crippen LogP contribution in [0, 0.1) is 12.8 Å². The Hall–Kier alpha value is -2.03. The van der Waals surface area contributed by atoms with E-state index >= 15 is 0 Å². The monoisotopic (exact) mass is 578 g/mol. The molecule has 2 aromatic rings. The maximum atomic E-state index is 13.2. The number of anilines is 1. The number of nitrogens with zero attached hydrogens (tertiary/aromatic N) is 1. The summed E-state index contributed by atoms with van der Waals surface area (Å²) in [5, 5.41) is 2.16. The molecule has 0 saturated heterocycles. The van der Waals surface area contributed by atoms with E-state index in [1.165, 1.54) is 0 Å². The number of esters is 1. The molecule has 0 fully saturated rings. The molecule has 2 aromatic carbocycles. The lowest BCUT2D eigenvalue weighted by Crippen LogP contribution is -2.47. The topological polar surface area (TPSA) is 92.8 Å². The first-order chi connectivity index (χ1) is 16.3. The van der Waals surface area contributed by atoms with E-state index in [2.05, 4.69) is 5.32 Å². The first-order valence-corrected chi connectivity index (χ1v) is 12.2. The van der Waals surface area contributed by atoms with Gasteiger partial charge < -0.3 is 10.1 Å². The Morgan fingerprint density at radius 2 is 1.49 bits per heavy atom. The summed E-state index contributed by atoms with van der Waals surface area (Å²) in [6.07, 6.45) is 0.0657. The molecule has 1 N–H and O–H groups in total. The summed E-state index contributed by atoms with van der Waals surface area (Å²) in [7, 11) is 0. The molecule has 1 aliphatic rings. The van der Waals surface area contributed by atoms with Crippen LogP contribution in [0.15, 0.2) is 18.2 Å². The smallest absolute Gasteiger partial charge is 0.329 e. The second-order valence-electron chi connectivity index (χ2n) is 8.25. The predicted octanol–water partition coefficient (Wildman–Crippen LogP) is 6.45. The van der Waals surface area contributed by atoms with E-state index in [0.717, 1.165) is 10.5 Å². The molecule has 0 aromatic heterocycles. The Morgan fingerprint density at radius 1 is 0.943 bits per heavy atom. The second kappa shape index (κ2) is 10.9. The zero-order valence-corrected chi connectivity index (χ0v) is 22.5. The van der Waals surface area contributed by atoms with Gasteiger partial charge in [-0.1, -0.05) is 77.9 Å². The molecule has 3 amide bonds. The average Bonchev–Trinajstić information content (AvgIpc) is 3.05. The fourth-order valence-corrected chi connectivity index (χ4v) is 4.70. The van der Waals surface area contributed by atoms with Crippen molar-refractivity contribution in [3.63, 3.8) is 0 Å². The second-order valence-corrected chi connectivity index (χ2v) is 10.2.